The van der Waals surface area contributed by atoms with Crippen LogP contribution in [0.15, 0.2) is 0 Å². The lowest BCUT2D eigenvalue weighted by molar-refractivity contribution is -0.149. The van der Waals surface area contributed by atoms with Gasteiger partial charge in [-0.2, -0.15) is 0 Å². The molecule has 0 spiro atoms. The van der Waals surface area contributed by atoms with E-state index in [-0.39, 0.29) is 36.1 Å². The molecule has 8 heteroatoms. The summed E-state index contributed by atoms with van der Waals surface area (Å²) in [7, 11) is 0. The van der Waals surface area contributed by atoms with Gasteiger partial charge in [0.05, 0.1) is 25.4 Å². The molecule has 0 amide bonds. The van der Waals surface area contributed by atoms with Crippen LogP contribution in [0.3, 0.4) is 0 Å². The zero-order chi connectivity index (χ0) is 26.5. The van der Waals surface area contributed by atoms with E-state index < -0.39 is 0 Å². The molecular formula is C26H48O8. The number of ether oxygens (including phenoxy) is 4. The normalized spacial score (nSPS) is 10.7. The first-order valence-electron chi connectivity index (χ1n) is 12.5. The van der Waals surface area contributed by atoms with E-state index >= 15 is 0 Å². The second-order valence-corrected chi connectivity index (χ2v) is 9.65. The van der Waals surface area contributed by atoms with Gasteiger partial charge in [-0.3, -0.25) is 19.2 Å². The number of rotatable bonds is 16. The molecular weight excluding hydrogens is 440 g/mol. The third kappa shape index (κ3) is 27.9. The maximum Gasteiger partial charge on any atom is 0.306 e. The van der Waals surface area contributed by atoms with Gasteiger partial charge >= 0.3 is 23.9 Å². The zero-order valence-electron chi connectivity index (χ0n) is 22.6. The Bertz CT molecular complexity index is 517. The fraction of sp³-hybridized carbons (Fsp3) is 0.846. The zero-order valence-corrected chi connectivity index (χ0v) is 22.6. The fourth-order valence-electron chi connectivity index (χ4n) is 2.38. The number of hydrogen-bond acceptors (Lipinski definition) is 8. The molecule has 8 nitrogen and oxygen atoms in total. The Morgan fingerprint density at radius 2 is 0.735 bits per heavy atom. The Labute approximate surface area is 206 Å². The van der Waals surface area contributed by atoms with Crippen LogP contribution < -0.4 is 0 Å². The van der Waals surface area contributed by atoms with Gasteiger partial charge in [0.2, 0.25) is 0 Å². The standard InChI is InChI=1S/C14H26O4.C12H22O4/c1-11(2)9-17-13(15)7-5-6-8-14(16)18-10-12(3)4;1-9(2)15-11(13)7-5-6-8-12(14)16-10(3)4/h11-12H,5-10H2,1-4H3;9-10H,5-8H2,1-4H3. The highest BCUT2D eigenvalue weighted by Gasteiger charge is 2.09. The van der Waals surface area contributed by atoms with Crippen molar-refractivity contribution in [2.45, 2.75) is 119 Å². The Balaban J connectivity index is 0. The van der Waals surface area contributed by atoms with Crippen molar-refractivity contribution >= 4 is 23.9 Å². The lowest BCUT2D eigenvalue weighted by atomic mass is 10.2. The SMILES string of the molecule is CC(C)COC(=O)CCCCC(=O)OCC(C)C.CC(C)OC(=O)CCCCC(=O)OC(C)C. The van der Waals surface area contributed by atoms with Crippen molar-refractivity contribution in [1.82, 2.24) is 0 Å². The second kappa shape index (κ2) is 21.4. The van der Waals surface area contributed by atoms with Gasteiger partial charge in [0.25, 0.3) is 0 Å². The van der Waals surface area contributed by atoms with Crippen LogP contribution in [0.1, 0.15) is 107 Å². The third-order valence-corrected chi connectivity index (χ3v) is 3.91. The molecule has 0 heterocycles. The molecule has 0 N–H and O–H groups in total. The Morgan fingerprint density at radius 3 is 0.971 bits per heavy atom. The maximum atomic E-state index is 11.3. The van der Waals surface area contributed by atoms with Gasteiger partial charge in [0.15, 0.2) is 0 Å². The van der Waals surface area contributed by atoms with Crippen molar-refractivity contribution in [2.24, 2.45) is 11.8 Å². The summed E-state index contributed by atoms with van der Waals surface area (Å²) in [4.78, 5) is 44.8. The van der Waals surface area contributed by atoms with E-state index in [0.29, 0.717) is 76.4 Å². The van der Waals surface area contributed by atoms with Crippen LogP contribution >= 0.6 is 0 Å². The molecule has 0 unspecified atom stereocenters. The maximum absolute atomic E-state index is 11.3. The first kappa shape index (κ1) is 34.0. The van der Waals surface area contributed by atoms with Gasteiger partial charge in [-0.1, -0.05) is 27.7 Å². The lowest BCUT2D eigenvalue weighted by Gasteiger charge is -2.08. The molecule has 0 aromatic carbocycles. The van der Waals surface area contributed by atoms with Crippen LogP contribution in [-0.4, -0.2) is 49.3 Å². The van der Waals surface area contributed by atoms with Gasteiger partial charge < -0.3 is 18.9 Å². The summed E-state index contributed by atoms with van der Waals surface area (Å²) in [6, 6.07) is 0. The average Bonchev–Trinajstić information content (AvgIpc) is 2.70. The first-order chi connectivity index (χ1) is 15.8. The van der Waals surface area contributed by atoms with Crippen molar-refractivity contribution in [1.29, 1.82) is 0 Å². The first-order valence-corrected chi connectivity index (χ1v) is 12.5. The molecule has 0 atom stereocenters. The number of carbonyl (C=O) groups excluding carboxylic acids is 4. The van der Waals surface area contributed by atoms with Gasteiger partial charge in [-0.05, 0) is 65.2 Å². The van der Waals surface area contributed by atoms with Crippen LogP contribution in [-0.2, 0) is 38.1 Å². The molecule has 0 aliphatic heterocycles. The largest absolute Gasteiger partial charge is 0.465 e. The molecule has 0 saturated heterocycles. The molecule has 0 aliphatic rings. The third-order valence-electron chi connectivity index (χ3n) is 3.91. The summed E-state index contributed by atoms with van der Waals surface area (Å²) in [5.74, 6) is -0.0436. The predicted molar refractivity (Wildman–Crippen MR) is 131 cm³/mol. The molecule has 0 aliphatic carbocycles. The quantitative estimate of drug-likeness (QED) is 0.162. The Hall–Kier alpha value is -2.12. The van der Waals surface area contributed by atoms with Crippen molar-refractivity contribution in [2.75, 3.05) is 13.2 Å². The fourth-order valence-corrected chi connectivity index (χ4v) is 2.38. The van der Waals surface area contributed by atoms with E-state index in [1.807, 2.05) is 55.4 Å². The minimum Gasteiger partial charge on any atom is -0.465 e. The van der Waals surface area contributed by atoms with E-state index in [2.05, 4.69) is 0 Å². The van der Waals surface area contributed by atoms with Gasteiger partial charge in [-0.25, -0.2) is 0 Å². The van der Waals surface area contributed by atoms with E-state index in [4.69, 9.17) is 18.9 Å². The summed E-state index contributed by atoms with van der Waals surface area (Å²) in [6.45, 7) is 16.2. The van der Waals surface area contributed by atoms with Crippen molar-refractivity contribution in [3.8, 4) is 0 Å². The van der Waals surface area contributed by atoms with Crippen molar-refractivity contribution in [3.63, 3.8) is 0 Å². The van der Waals surface area contributed by atoms with E-state index in [0.717, 1.165) is 0 Å². The average molecular weight is 489 g/mol. The molecule has 0 bridgehead atoms. The van der Waals surface area contributed by atoms with Crippen molar-refractivity contribution < 1.29 is 38.1 Å². The Morgan fingerprint density at radius 1 is 0.471 bits per heavy atom. The van der Waals surface area contributed by atoms with Crippen LogP contribution in [0.2, 0.25) is 0 Å². The number of carbonyl (C=O) groups is 4. The van der Waals surface area contributed by atoms with E-state index in [9.17, 15) is 19.2 Å². The highest BCUT2D eigenvalue weighted by atomic mass is 16.5. The number of unbranched alkanes of at least 4 members (excludes halogenated alkanes) is 2. The van der Waals surface area contributed by atoms with Gasteiger partial charge in [0.1, 0.15) is 0 Å². The minimum absolute atomic E-state index is 0.0709. The molecule has 34 heavy (non-hydrogen) atoms. The molecule has 0 aromatic rings. The van der Waals surface area contributed by atoms with E-state index in [1.54, 1.807) is 0 Å². The molecule has 0 radical (unpaired) electrons. The summed E-state index contributed by atoms with van der Waals surface area (Å²) < 4.78 is 20.0. The summed E-state index contributed by atoms with van der Waals surface area (Å²) in [6.07, 6.45) is 4.03. The minimum atomic E-state index is -0.202. The Kier molecular flexibility index (Phi) is 21.4. The highest BCUT2D eigenvalue weighted by molar-refractivity contribution is 5.71. The topological polar surface area (TPSA) is 105 Å². The second-order valence-electron chi connectivity index (χ2n) is 9.65. The summed E-state index contributed by atoms with van der Waals surface area (Å²) in [5, 5.41) is 0. The molecule has 0 rings (SSSR count). The van der Waals surface area contributed by atoms with Crippen LogP contribution in [0.25, 0.3) is 0 Å². The van der Waals surface area contributed by atoms with Gasteiger partial charge in [0, 0.05) is 25.7 Å². The van der Waals surface area contributed by atoms with Crippen LogP contribution in [0.5, 0.6) is 0 Å². The summed E-state index contributed by atoms with van der Waals surface area (Å²) in [5.41, 5.74) is 0. The van der Waals surface area contributed by atoms with Crippen molar-refractivity contribution in [3.05, 3.63) is 0 Å². The van der Waals surface area contributed by atoms with Crippen LogP contribution in [0.4, 0.5) is 0 Å². The summed E-state index contributed by atoms with van der Waals surface area (Å²) >= 11 is 0. The molecule has 0 saturated carbocycles. The molecule has 0 aromatic heterocycles. The molecule has 200 valence electrons. The smallest absolute Gasteiger partial charge is 0.306 e. The molecule has 0 fully saturated rings. The van der Waals surface area contributed by atoms with Crippen LogP contribution in [0, 0.1) is 11.8 Å². The van der Waals surface area contributed by atoms with Gasteiger partial charge in [-0.15, -0.1) is 0 Å². The highest BCUT2D eigenvalue weighted by Crippen LogP contribution is 2.06. The predicted octanol–water partition coefficient (Wildman–Crippen LogP) is 5.40. The lowest BCUT2D eigenvalue weighted by Crippen LogP contribution is -2.12. The monoisotopic (exact) mass is 488 g/mol. The number of esters is 4. The number of hydrogen-bond donors (Lipinski definition) is 0. The van der Waals surface area contributed by atoms with E-state index in [1.165, 1.54) is 0 Å².